The van der Waals surface area contributed by atoms with Gasteiger partial charge in [-0.2, -0.15) is 8.35 Å². The van der Waals surface area contributed by atoms with Gasteiger partial charge in [-0.3, -0.25) is 4.79 Å². The van der Waals surface area contributed by atoms with Gasteiger partial charge in [-0.25, -0.2) is 4.79 Å². The molecule has 2 aliphatic rings. The van der Waals surface area contributed by atoms with Crippen LogP contribution in [0.5, 0.6) is 0 Å². The molecule has 1 saturated carbocycles. The number of carboxylic acids is 1. The zero-order valence-corrected chi connectivity index (χ0v) is 15.7. The van der Waals surface area contributed by atoms with Crippen molar-refractivity contribution in [1.29, 1.82) is 0 Å². The molecule has 0 unspecified atom stereocenters. The fraction of sp³-hybridized carbons (Fsp3) is 0.714. The van der Waals surface area contributed by atoms with Crippen molar-refractivity contribution in [1.82, 2.24) is 4.90 Å². The highest BCUT2D eigenvalue weighted by molar-refractivity contribution is 5.93. The smallest absolute Gasteiger partial charge is 0.352 e. The molecule has 1 aliphatic heterocycles. The van der Waals surface area contributed by atoms with Crippen LogP contribution in [-0.4, -0.2) is 36.3 Å². The quantitative estimate of drug-likeness (QED) is 0.294. The third kappa shape index (κ3) is 3.66. The van der Waals surface area contributed by atoms with Crippen LogP contribution in [0.25, 0.3) is 0 Å². The van der Waals surface area contributed by atoms with Gasteiger partial charge in [0.2, 0.25) is 5.91 Å². The second-order valence-corrected chi connectivity index (χ2v) is 8.23. The lowest BCUT2D eigenvalue weighted by atomic mass is 10.00. The summed E-state index contributed by atoms with van der Waals surface area (Å²) in [6, 6.07) is 0.133. The Balaban J connectivity index is 1.97. The number of hydrogen-bond donors (Lipinski definition) is 1. The fourth-order valence-corrected chi connectivity index (χ4v) is 3.74. The Bertz CT molecular complexity index is 438. The molecule has 2 radical (unpaired) electrons. The lowest BCUT2D eigenvalue weighted by molar-refractivity contribution is -0.494. The Hall–Kier alpha value is 0.140. The van der Waals surface area contributed by atoms with Gasteiger partial charge in [0.25, 0.3) is 0 Å². The van der Waals surface area contributed by atoms with E-state index in [-0.39, 0.29) is 23.6 Å². The third-order valence-electron chi connectivity index (χ3n) is 4.06. The Morgan fingerprint density at radius 3 is 2.85 bits per heavy atom. The van der Waals surface area contributed by atoms with Crippen molar-refractivity contribution in [2.45, 2.75) is 42.6 Å². The summed E-state index contributed by atoms with van der Waals surface area (Å²) in [7, 11) is 0. The van der Waals surface area contributed by atoms with E-state index in [1.807, 2.05) is 6.92 Å². The Morgan fingerprint density at radius 1 is 1.55 bits per heavy atom. The number of fused-ring (bicyclic) bond motifs is 1. The lowest BCUT2D eigenvalue weighted by Crippen LogP contribution is -3.47. The fourth-order valence-electron chi connectivity index (χ4n) is 2.86. The van der Waals surface area contributed by atoms with Gasteiger partial charge in [0.15, 0.2) is 0 Å². The highest BCUT2D eigenvalue weighted by atomic mass is 127. The van der Waals surface area contributed by atoms with Gasteiger partial charge < -0.3 is 55.2 Å². The predicted octanol–water partition coefficient (Wildman–Crippen LogP) is -4.53. The van der Waals surface area contributed by atoms with E-state index in [2.05, 4.69) is 45.2 Å². The van der Waals surface area contributed by atoms with Crippen LogP contribution in [0.4, 0.5) is 0 Å². The highest BCUT2D eigenvalue weighted by Gasteiger charge is 2.51. The SMILES string of the molecule is C[C@@H]1C=C(C(=O)O)N(C(=O)CCC[C@@H]([I-])C[I-])[C@H]2C[C@@H]12. The molecule has 1 heterocycles. The molecule has 2 rings (SSSR count). The highest BCUT2D eigenvalue weighted by Crippen LogP contribution is 2.47. The summed E-state index contributed by atoms with van der Waals surface area (Å²) < 4.78 is 1.67. The van der Waals surface area contributed by atoms with Crippen molar-refractivity contribution in [3.05, 3.63) is 11.8 Å². The zero-order chi connectivity index (χ0) is 14.9. The first-order valence-corrected chi connectivity index (χ1v) is 9.70. The molecule has 4 nitrogen and oxygen atoms in total. The van der Waals surface area contributed by atoms with Crippen molar-refractivity contribution in [3.63, 3.8) is 0 Å². The molecular weight excluding hydrogens is 484 g/mol. The number of aliphatic carboxylic acids is 1. The molecule has 1 fully saturated rings. The standard InChI is InChI=1S/C14H19I2NO3/c1-8-5-12(14(19)20)17(11-6-10(8)11)13(18)4-2-3-9(16)7-15/h5,8-11H,2-4,6-7H2,1H3,(H,19,20)/q-2/t8-,9-,10+,11+/m1/s1. The molecule has 0 aromatic carbocycles. The van der Waals surface area contributed by atoms with E-state index in [1.165, 1.54) is 0 Å². The van der Waals surface area contributed by atoms with Gasteiger partial charge in [0.05, 0.1) is 0 Å². The first kappa shape index (κ1) is 16.5. The summed E-state index contributed by atoms with van der Waals surface area (Å²) in [6.45, 7) is 2.04. The number of allylic oxidation sites excluding steroid dienone is 1. The van der Waals surface area contributed by atoms with Crippen molar-refractivity contribution >= 4 is 11.9 Å². The Morgan fingerprint density at radius 2 is 2.25 bits per heavy atom. The largest absolute Gasteiger partial charge is 0.799 e. The average Bonchev–Trinajstić information content (AvgIpc) is 3.18. The monoisotopic (exact) mass is 503 g/mol. The molecule has 114 valence electrons. The number of halogens is 2. The second kappa shape index (κ2) is 6.93. The maximum atomic E-state index is 12.3. The number of rotatable bonds is 6. The summed E-state index contributed by atoms with van der Waals surface area (Å²) in [6.07, 6.45) is 5.01. The molecule has 0 aromatic heterocycles. The molecular formula is C14H19I2NO3-2. The third-order valence-corrected chi connectivity index (χ3v) is 7.87. The average molecular weight is 503 g/mol. The van der Waals surface area contributed by atoms with Crippen LogP contribution in [0, 0.1) is 11.8 Å². The number of amides is 1. The van der Waals surface area contributed by atoms with Crippen molar-refractivity contribution in [3.8, 4) is 0 Å². The Labute approximate surface area is 146 Å². The molecule has 1 aliphatic carbocycles. The summed E-state index contributed by atoms with van der Waals surface area (Å²) in [5.41, 5.74) is 0.196. The Kier molecular flexibility index (Phi) is 5.72. The molecule has 6 heteroatoms. The number of carbonyl (C=O) groups excluding carboxylic acids is 1. The van der Waals surface area contributed by atoms with Crippen LogP contribution >= 0.6 is 0 Å². The van der Waals surface area contributed by atoms with E-state index in [0.29, 0.717) is 16.3 Å². The number of hydrogen-bond acceptors (Lipinski definition) is 2. The summed E-state index contributed by atoms with van der Waals surface area (Å²) >= 11 is 4.75. The van der Waals surface area contributed by atoms with Crippen LogP contribution in [0.1, 0.15) is 32.6 Å². The summed E-state index contributed by atoms with van der Waals surface area (Å²) in [5, 5.41) is 9.30. The molecule has 0 aromatic rings. The normalized spacial score (nSPS) is 29.4. The van der Waals surface area contributed by atoms with Gasteiger partial charge in [-0.05, 0) is 30.8 Å². The van der Waals surface area contributed by atoms with Crippen LogP contribution < -0.4 is 45.2 Å². The minimum atomic E-state index is -0.977. The van der Waals surface area contributed by atoms with E-state index in [4.69, 9.17) is 0 Å². The number of alkyl halides is 2. The van der Waals surface area contributed by atoms with Crippen LogP contribution in [0.3, 0.4) is 0 Å². The van der Waals surface area contributed by atoms with Gasteiger partial charge >= 0.3 is 5.97 Å². The van der Waals surface area contributed by atoms with E-state index < -0.39 is 5.97 Å². The van der Waals surface area contributed by atoms with Gasteiger partial charge in [0.1, 0.15) is 5.70 Å². The maximum absolute atomic E-state index is 12.3. The zero-order valence-electron chi connectivity index (χ0n) is 11.4. The van der Waals surface area contributed by atoms with Crippen LogP contribution in [0.15, 0.2) is 11.8 Å². The lowest BCUT2D eigenvalue weighted by Gasteiger charge is -2.30. The van der Waals surface area contributed by atoms with Crippen molar-refractivity contribution in [2.24, 2.45) is 11.8 Å². The van der Waals surface area contributed by atoms with Gasteiger partial charge in [-0.15, -0.1) is 0 Å². The number of carbonyl (C=O) groups is 2. The second-order valence-electron chi connectivity index (χ2n) is 5.59. The molecule has 4 atom stereocenters. The molecule has 1 amide bonds. The van der Waals surface area contributed by atoms with Crippen LogP contribution in [0.2, 0.25) is 0 Å². The minimum Gasteiger partial charge on any atom is -0.799 e. The summed E-state index contributed by atoms with van der Waals surface area (Å²) in [5.74, 6) is -0.258. The van der Waals surface area contributed by atoms with E-state index in [0.717, 1.165) is 23.7 Å². The first-order valence-electron chi connectivity index (χ1n) is 6.93. The van der Waals surface area contributed by atoms with Crippen molar-refractivity contribution in [2.75, 3.05) is 4.43 Å². The van der Waals surface area contributed by atoms with E-state index >= 15 is 0 Å². The predicted molar refractivity (Wildman–Crippen MR) is 66.1 cm³/mol. The van der Waals surface area contributed by atoms with Crippen LogP contribution in [-0.2, 0) is 9.59 Å². The van der Waals surface area contributed by atoms with Gasteiger partial charge in [0, 0.05) is 12.5 Å². The summed E-state index contributed by atoms with van der Waals surface area (Å²) in [4.78, 5) is 25.2. The van der Waals surface area contributed by atoms with E-state index in [1.54, 1.807) is 11.0 Å². The van der Waals surface area contributed by atoms with E-state index in [9.17, 15) is 14.7 Å². The molecule has 0 saturated heterocycles. The molecule has 1 N–H and O–H groups in total. The topological polar surface area (TPSA) is 57.6 Å². The maximum Gasteiger partial charge on any atom is 0.352 e. The molecule has 0 bridgehead atoms. The van der Waals surface area contributed by atoms with Crippen molar-refractivity contribution < 1.29 is 59.9 Å². The molecule has 0 spiro atoms. The first-order chi connectivity index (χ1) is 9.45. The number of carboxylic acid groups (broad SMARTS) is 1. The number of nitrogens with zero attached hydrogens (tertiary/aromatic N) is 1. The minimum absolute atomic E-state index is 0.0184. The van der Waals surface area contributed by atoms with Gasteiger partial charge in [-0.1, -0.05) is 13.3 Å². The molecule has 20 heavy (non-hydrogen) atoms.